The van der Waals surface area contributed by atoms with Gasteiger partial charge in [0.1, 0.15) is 6.04 Å². The second kappa shape index (κ2) is 7.54. The van der Waals surface area contributed by atoms with Crippen LogP contribution in [0, 0.1) is 0 Å². The summed E-state index contributed by atoms with van der Waals surface area (Å²) in [6, 6.07) is 3.52. The third-order valence-corrected chi connectivity index (χ3v) is 6.91. The van der Waals surface area contributed by atoms with Crippen molar-refractivity contribution in [3.05, 3.63) is 23.8 Å². The third-order valence-electron chi connectivity index (χ3n) is 5.14. The molecule has 156 valence electrons. The predicted octanol–water partition coefficient (Wildman–Crippen LogP) is -0.0808. The number of ether oxygens (including phenoxy) is 2. The number of carbonyl (C=O) groups excluding carboxylic acids is 3. The maximum Gasteiger partial charge on any atom is 0.325 e. The Morgan fingerprint density at radius 2 is 2.03 bits per heavy atom. The summed E-state index contributed by atoms with van der Waals surface area (Å²) < 4.78 is 33.5. The van der Waals surface area contributed by atoms with Crippen molar-refractivity contribution in [2.75, 3.05) is 18.3 Å². The molecule has 3 aliphatic heterocycles. The molecule has 0 spiro atoms. The number of rotatable bonds is 6. The lowest BCUT2D eigenvalue weighted by Gasteiger charge is -2.14. The fraction of sp³-hybridized carbons (Fsp3) is 0.500. The van der Waals surface area contributed by atoms with Crippen LogP contribution in [-0.2, 0) is 26.0 Å². The lowest BCUT2D eigenvalue weighted by Crippen LogP contribution is -2.37. The molecule has 10 nitrogen and oxygen atoms in total. The summed E-state index contributed by atoms with van der Waals surface area (Å²) in [4.78, 5) is 37.9. The number of carbonyl (C=O) groups is 3. The van der Waals surface area contributed by atoms with E-state index in [0.717, 1.165) is 10.5 Å². The molecule has 0 bridgehead atoms. The van der Waals surface area contributed by atoms with Crippen LogP contribution in [0.4, 0.5) is 4.79 Å². The molecule has 1 aromatic carbocycles. The van der Waals surface area contributed by atoms with E-state index in [2.05, 4.69) is 10.6 Å². The number of amides is 4. The molecule has 0 aromatic heterocycles. The molecule has 0 radical (unpaired) electrons. The number of nitrogens with zero attached hydrogens (tertiary/aromatic N) is 1. The first-order chi connectivity index (χ1) is 13.8. The largest absolute Gasteiger partial charge is 0.454 e. The van der Waals surface area contributed by atoms with Crippen molar-refractivity contribution < 1.29 is 32.3 Å². The Bertz CT molecular complexity index is 962. The molecule has 4 rings (SSSR count). The number of hydrogen-bond donors (Lipinski definition) is 2. The molecule has 2 saturated heterocycles. The fourth-order valence-corrected chi connectivity index (χ4v) is 5.30. The second-order valence-electron chi connectivity index (χ2n) is 7.32. The van der Waals surface area contributed by atoms with Gasteiger partial charge >= 0.3 is 6.03 Å². The molecule has 2 fully saturated rings. The first-order valence-electron chi connectivity index (χ1n) is 9.31. The minimum absolute atomic E-state index is 0.0189. The fourth-order valence-electron chi connectivity index (χ4n) is 3.63. The van der Waals surface area contributed by atoms with Gasteiger partial charge in [0.2, 0.25) is 12.7 Å². The number of urea groups is 1. The number of sulfone groups is 1. The molecule has 0 aliphatic carbocycles. The minimum atomic E-state index is -3.08. The van der Waals surface area contributed by atoms with Crippen LogP contribution < -0.4 is 20.1 Å². The van der Waals surface area contributed by atoms with Crippen molar-refractivity contribution >= 4 is 27.7 Å². The lowest BCUT2D eigenvalue weighted by atomic mass is 10.1. The van der Waals surface area contributed by atoms with E-state index in [4.69, 9.17) is 9.47 Å². The van der Waals surface area contributed by atoms with Crippen molar-refractivity contribution in [1.29, 1.82) is 0 Å². The monoisotopic (exact) mass is 423 g/mol. The number of nitrogens with one attached hydrogen (secondary N) is 2. The van der Waals surface area contributed by atoms with E-state index < -0.39 is 27.8 Å². The Morgan fingerprint density at radius 3 is 2.79 bits per heavy atom. The predicted molar refractivity (Wildman–Crippen MR) is 99.9 cm³/mol. The summed E-state index contributed by atoms with van der Waals surface area (Å²) in [7, 11) is -3.08. The molecule has 1 aromatic rings. The zero-order chi connectivity index (χ0) is 20.6. The number of imide groups is 1. The van der Waals surface area contributed by atoms with Gasteiger partial charge in [-0.2, -0.15) is 0 Å². The lowest BCUT2D eigenvalue weighted by molar-refractivity contribution is -0.128. The second-order valence-corrected chi connectivity index (χ2v) is 9.55. The highest BCUT2D eigenvalue weighted by Gasteiger charge is 2.38. The van der Waals surface area contributed by atoms with E-state index in [-0.39, 0.29) is 49.6 Å². The first kappa shape index (κ1) is 19.5. The van der Waals surface area contributed by atoms with Crippen molar-refractivity contribution in [2.24, 2.45) is 0 Å². The summed E-state index contributed by atoms with van der Waals surface area (Å²) in [5.41, 5.74) is 0.721. The van der Waals surface area contributed by atoms with Crippen LogP contribution in [0.1, 0.15) is 24.8 Å². The molecule has 29 heavy (non-hydrogen) atoms. The topological polar surface area (TPSA) is 131 Å². The Morgan fingerprint density at radius 1 is 1.24 bits per heavy atom. The van der Waals surface area contributed by atoms with Crippen LogP contribution in [0.3, 0.4) is 0 Å². The Balaban J connectivity index is 1.29. The molecule has 0 saturated carbocycles. The molecular weight excluding hydrogens is 402 g/mol. The van der Waals surface area contributed by atoms with Crippen molar-refractivity contribution in [3.63, 3.8) is 0 Å². The Kier molecular flexibility index (Phi) is 5.07. The van der Waals surface area contributed by atoms with Gasteiger partial charge in [-0.05, 0) is 30.5 Å². The summed E-state index contributed by atoms with van der Waals surface area (Å²) in [6.45, 7) is 0.225. The highest BCUT2D eigenvalue weighted by Crippen LogP contribution is 2.33. The summed E-state index contributed by atoms with van der Waals surface area (Å²) in [5.74, 6) is 0.472. The van der Waals surface area contributed by atoms with Crippen molar-refractivity contribution in [1.82, 2.24) is 15.5 Å². The van der Waals surface area contributed by atoms with Gasteiger partial charge in [0.15, 0.2) is 21.3 Å². The minimum Gasteiger partial charge on any atom is -0.454 e. The normalized spacial score (nSPS) is 24.6. The van der Waals surface area contributed by atoms with Gasteiger partial charge in [0.25, 0.3) is 5.91 Å². The van der Waals surface area contributed by atoms with Gasteiger partial charge in [-0.25, -0.2) is 13.2 Å². The van der Waals surface area contributed by atoms with Crippen LogP contribution in [0.25, 0.3) is 0 Å². The highest BCUT2D eigenvalue weighted by atomic mass is 32.2. The van der Waals surface area contributed by atoms with E-state index in [1.807, 2.05) is 0 Å². The van der Waals surface area contributed by atoms with Crippen molar-refractivity contribution in [2.45, 2.75) is 37.9 Å². The molecule has 3 heterocycles. The molecule has 4 amide bonds. The van der Waals surface area contributed by atoms with Gasteiger partial charge < -0.3 is 20.1 Å². The highest BCUT2D eigenvalue weighted by molar-refractivity contribution is 7.91. The van der Waals surface area contributed by atoms with Gasteiger partial charge in [0.05, 0.1) is 18.1 Å². The third kappa shape index (κ3) is 4.29. The van der Waals surface area contributed by atoms with Gasteiger partial charge in [-0.15, -0.1) is 0 Å². The number of hydrogen-bond acceptors (Lipinski definition) is 7. The summed E-state index contributed by atoms with van der Waals surface area (Å²) >= 11 is 0. The SMILES string of the molecule is O=C(CCC1NC(=O)N(Cc2ccc3c(c2)OCO3)C1=O)NC1CCS(=O)(=O)C1. The van der Waals surface area contributed by atoms with E-state index in [1.165, 1.54) is 0 Å². The van der Waals surface area contributed by atoms with Crippen LogP contribution in [0.5, 0.6) is 11.5 Å². The van der Waals surface area contributed by atoms with E-state index in [0.29, 0.717) is 17.9 Å². The summed E-state index contributed by atoms with van der Waals surface area (Å²) in [6.07, 6.45) is 0.565. The molecule has 2 N–H and O–H groups in total. The Hall–Kier alpha value is -2.82. The Labute approximate surface area is 167 Å². The van der Waals surface area contributed by atoms with E-state index in [1.54, 1.807) is 18.2 Å². The van der Waals surface area contributed by atoms with Gasteiger partial charge in [0, 0.05) is 12.5 Å². The first-order valence-corrected chi connectivity index (χ1v) is 11.1. The van der Waals surface area contributed by atoms with E-state index in [9.17, 15) is 22.8 Å². The molecule has 2 unspecified atom stereocenters. The van der Waals surface area contributed by atoms with Crippen LogP contribution in [0.2, 0.25) is 0 Å². The van der Waals surface area contributed by atoms with Crippen molar-refractivity contribution in [3.8, 4) is 11.5 Å². The maximum absolute atomic E-state index is 12.6. The smallest absolute Gasteiger partial charge is 0.325 e. The maximum atomic E-state index is 12.6. The number of benzene rings is 1. The van der Waals surface area contributed by atoms with Crippen LogP contribution >= 0.6 is 0 Å². The summed E-state index contributed by atoms with van der Waals surface area (Å²) in [5, 5.41) is 5.27. The van der Waals surface area contributed by atoms with E-state index >= 15 is 0 Å². The van der Waals surface area contributed by atoms with Crippen LogP contribution in [0.15, 0.2) is 18.2 Å². The van der Waals surface area contributed by atoms with Gasteiger partial charge in [-0.3, -0.25) is 14.5 Å². The average Bonchev–Trinajstić information content (AvgIpc) is 3.33. The number of fused-ring (bicyclic) bond motifs is 1. The van der Waals surface area contributed by atoms with Gasteiger partial charge in [-0.1, -0.05) is 6.07 Å². The zero-order valence-electron chi connectivity index (χ0n) is 15.5. The molecule has 11 heteroatoms. The zero-order valence-corrected chi connectivity index (χ0v) is 16.4. The molecule has 3 aliphatic rings. The molecule has 2 atom stereocenters. The quantitative estimate of drug-likeness (QED) is 0.612. The average molecular weight is 423 g/mol. The molecular formula is C18H21N3O7S. The van der Waals surface area contributed by atoms with Crippen LogP contribution in [-0.4, -0.2) is 61.5 Å². The standard InChI is InChI=1S/C18H21N3O7S/c22-16(19-12-5-6-29(25,26)9-12)4-2-13-17(23)21(18(24)20-13)8-11-1-3-14-15(7-11)28-10-27-14/h1,3,7,12-13H,2,4-6,8-10H2,(H,19,22)(H,20,24).